The first-order valence-corrected chi connectivity index (χ1v) is 7.07. The molecule has 5 nitrogen and oxygen atoms in total. The van der Waals surface area contributed by atoms with Gasteiger partial charge >= 0.3 is 5.97 Å². The molecule has 7 heteroatoms. The van der Waals surface area contributed by atoms with Crippen molar-refractivity contribution in [1.82, 2.24) is 5.32 Å². The smallest absolute Gasteiger partial charge is 0.308 e. The quantitative estimate of drug-likeness (QED) is 0.838. The molecule has 1 unspecified atom stereocenters. The molecule has 0 heterocycles. The average molecular weight is 334 g/mol. The van der Waals surface area contributed by atoms with Gasteiger partial charge in [-0.05, 0) is 18.1 Å². The minimum atomic E-state index is -0.948. The van der Waals surface area contributed by atoms with Crippen molar-refractivity contribution in [3.05, 3.63) is 27.7 Å². The fourth-order valence-corrected chi connectivity index (χ4v) is 2.44. The minimum absolute atomic E-state index is 0.0348. The fourth-order valence-electron chi connectivity index (χ4n) is 1.80. The second kappa shape index (κ2) is 7.52. The second-order valence-corrected chi connectivity index (χ2v) is 5.69. The molecule has 0 aromatic heterocycles. The molecule has 0 saturated carbocycles. The Hall–Kier alpha value is -1.46. The van der Waals surface area contributed by atoms with E-state index >= 15 is 0 Å². The third kappa shape index (κ3) is 4.51. The number of carbonyl (C=O) groups is 2. The summed E-state index contributed by atoms with van der Waals surface area (Å²) in [5.41, 5.74) is 0.249. The summed E-state index contributed by atoms with van der Waals surface area (Å²) in [7, 11) is 1.42. The SMILES string of the molecule is COc1c(Cl)cc(C(=O)NCC(C(=O)O)C(C)C)cc1Cl. The molecule has 0 aliphatic heterocycles. The van der Waals surface area contributed by atoms with E-state index in [9.17, 15) is 9.59 Å². The van der Waals surface area contributed by atoms with E-state index in [4.69, 9.17) is 33.0 Å². The minimum Gasteiger partial charge on any atom is -0.494 e. The van der Waals surface area contributed by atoms with Crippen molar-refractivity contribution in [2.45, 2.75) is 13.8 Å². The van der Waals surface area contributed by atoms with Crippen molar-refractivity contribution < 1.29 is 19.4 Å². The highest BCUT2D eigenvalue weighted by atomic mass is 35.5. The van der Waals surface area contributed by atoms with Crippen molar-refractivity contribution in [3.63, 3.8) is 0 Å². The Morgan fingerprint density at radius 2 is 1.81 bits per heavy atom. The van der Waals surface area contributed by atoms with Gasteiger partial charge in [0.25, 0.3) is 5.91 Å². The summed E-state index contributed by atoms with van der Waals surface area (Å²) in [4.78, 5) is 23.1. The number of carboxylic acid groups (broad SMARTS) is 1. The number of benzene rings is 1. The second-order valence-electron chi connectivity index (χ2n) is 4.87. The van der Waals surface area contributed by atoms with Crippen LogP contribution in [0.3, 0.4) is 0 Å². The molecular formula is C14H17Cl2NO4. The molecule has 116 valence electrons. The highest BCUT2D eigenvalue weighted by Crippen LogP contribution is 2.33. The number of amides is 1. The summed E-state index contributed by atoms with van der Waals surface area (Å²) in [5.74, 6) is -1.84. The lowest BCUT2D eigenvalue weighted by molar-refractivity contribution is -0.142. The molecule has 2 N–H and O–H groups in total. The first kappa shape index (κ1) is 17.6. The summed E-state index contributed by atoms with van der Waals surface area (Å²) < 4.78 is 5.00. The first-order valence-electron chi connectivity index (χ1n) is 6.32. The van der Waals surface area contributed by atoms with Gasteiger partial charge in [-0.2, -0.15) is 0 Å². The molecule has 1 aromatic carbocycles. The van der Waals surface area contributed by atoms with Crippen LogP contribution in [-0.2, 0) is 4.79 Å². The van der Waals surface area contributed by atoms with Crippen LogP contribution in [-0.4, -0.2) is 30.6 Å². The molecular weight excluding hydrogens is 317 g/mol. The lowest BCUT2D eigenvalue weighted by Crippen LogP contribution is -2.35. The van der Waals surface area contributed by atoms with Gasteiger partial charge in [-0.1, -0.05) is 37.0 Å². The largest absolute Gasteiger partial charge is 0.494 e. The Labute approximate surface area is 133 Å². The molecule has 21 heavy (non-hydrogen) atoms. The van der Waals surface area contributed by atoms with Gasteiger partial charge in [0, 0.05) is 12.1 Å². The van der Waals surface area contributed by atoms with Crippen LogP contribution < -0.4 is 10.1 Å². The van der Waals surface area contributed by atoms with Crippen molar-refractivity contribution in [3.8, 4) is 5.75 Å². The van der Waals surface area contributed by atoms with Gasteiger partial charge in [0.1, 0.15) is 0 Å². The van der Waals surface area contributed by atoms with E-state index in [-0.39, 0.29) is 28.1 Å². The van der Waals surface area contributed by atoms with Gasteiger partial charge < -0.3 is 15.2 Å². The van der Waals surface area contributed by atoms with Crippen molar-refractivity contribution in [2.24, 2.45) is 11.8 Å². The zero-order valence-corrected chi connectivity index (χ0v) is 13.5. The van der Waals surface area contributed by atoms with Gasteiger partial charge in [0.15, 0.2) is 5.75 Å². The highest BCUT2D eigenvalue weighted by Gasteiger charge is 2.22. The van der Waals surface area contributed by atoms with E-state index < -0.39 is 17.8 Å². The van der Waals surface area contributed by atoms with Gasteiger partial charge in [-0.3, -0.25) is 9.59 Å². The monoisotopic (exact) mass is 333 g/mol. The average Bonchev–Trinajstić information content (AvgIpc) is 2.37. The number of halogens is 2. The number of methoxy groups -OCH3 is 1. The lowest BCUT2D eigenvalue weighted by atomic mass is 9.96. The van der Waals surface area contributed by atoms with Gasteiger partial charge in [-0.25, -0.2) is 0 Å². The van der Waals surface area contributed by atoms with E-state index in [1.165, 1.54) is 19.2 Å². The molecule has 1 aromatic rings. The molecule has 0 saturated heterocycles. The fraction of sp³-hybridized carbons (Fsp3) is 0.429. The van der Waals surface area contributed by atoms with Gasteiger partial charge in [0.2, 0.25) is 0 Å². The van der Waals surface area contributed by atoms with E-state index in [0.29, 0.717) is 5.75 Å². The highest BCUT2D eigenvalue weighted by molar-refractivity contribution is 6.37. The normalized spacial score (nSPS) is 12.1. The number of nitrogens with one attached hydrogen (secondary N) is 1. The summed E-state index contributed by atoms with van der Waals surface area (Å²) in [6, 6.07) is 2.85. The molecule has 0 spiro atoms. The zero-order chi connectivity index (χ0) is 16.2. The van der Waals surface area contributed by atoms with Crippen LogP contribution in [0.5, 0.6) is 5.75 Å². The molecule has 0 bridgehead atoms. The van der Waals surface area contributed by atoms with Crippen LogP contribution in [0.4, 0.5) is 0 Å². The standard InChI is InChI=1S/C14H17Cl2NO4/c1-7(2)9(14(19)20)6-17-13(18)8-4-10(15)12(21-3)11(16)5-8/h4-5,7,9H,6H2,1-3H3,(H,17,18)(H,19,20). The predicted octanol–water partition coefficient (Wildman–Crippen LogP) is 3.09. The van der Waals surface area contributed by atoms with Crippen molar-refractivity contribution in [1.29, 1.82) is 0 Å². The number of rotatable bonds is 6. The lowest BCUT2D eigenvalue weighted by Gasteiger charge is -2.17. The maximum Gasteiger partial charge on any atom is 0.308 e. The summed E-state index contributed by atoms with van der Waals surface area (Å²) in [6.07, 6.45) is 0. The molecule has 1 amide bonds. The Morgan fingerprint density at radius 3 is 2.19 bits per heavy atom. The summed E-state index contributed by atoms with van der Waals surface area (Å²) in [5, 5.41) is 12.1. The molecule has 0 radical (unpaired) electrons. The van der Waals surface area contributed by atoms with Gasteiger partial charge in [0.05, 0.1) is 23.1 Å². The number of ether oxygens (including phenoxy) is 1. The number of aliphatic carboxylic acids is 1. The van der Waals surface area contributed by atoms with E-state index in [1.54, 1.807) is 13.8 Å². The molecule has 1 atom stereocenters. The topological polar surface area (TPSA) is 75.6 Å². The molecule has 1 rings (SSSR count). The van der Waals surface area contributed by atoms with Crippen LogP contribution in [0.25, 0.3) is 0 Å². The Bertz CT molecular complexity index is 523. The summed E-state index contributed by atoms with van der Waals surface area (Å²) >= 11 is 11.9. The van der Waals surface area contributed by atoms with E-state index in [1.807, 2.05) is 0 Å². The van der Waals surface area contributed by atoms with Crippen LogP contribution in [0.1, 0.15) is 24.2 Å². The maximum absolute atomic E-state index is 12.0. The van der Waals surface area contributed by atoms with Crippen molar-refractivity contribution in [2.75, 3.05) is 13.7 Å². The number of carbonyl (C=O) groups excluding carboxylic acids is 1. The number of hydrogen-bond acceptors (Lipinski definition) is 3. The number of carboxylic acids is 1. The zero-order valence-electron chi connectivity index (χ0n) is 11.9. The predicted molar refractivity (Wildman–Crippen MR) is 81.3 cm³/mol. The molecule has 0 aliphatic rings. The van der Waals surface area contributed by atoms with Crippen molar-refractivity contribution >= 4 is 35.1 Å². The van der Waals surface area contributed by atoms with Gasteiger partial charge in [-0.15, -0.1) is 0 Å². The molecule has 0 fully saturated rings. The third-order valence-electron chi connectivity index (χ3n) is 3.07. The van der Waals surface area contributed by atoms with E-state index in [0.717, 1.165) is 0 Å². The Kier molecular flexibility index (Phi) is 6.30. The summed E-state index contributed by atoms with van der Waals surface area (Å²) in [6.45, 7) is 3.60. The van der Waals surface area contributed by atoms with Crippen LogP contribution in [0.15, 0.2) is 12.1 Å². The Balaban J connectivity index is 2.83. The van der Waals surface area contributed by atoms with Crippen LogP contribution in [0, 0.1) is 11.8 Å². The maximum atomic E-state index is 12.0. The Morgan fingerprint density at radius 1 is 1.29 bits per heavy atom. The number of hydrogen-bond donors (Lipinski definition) is 2. The molecule has 0 aliphatic carbocycles. The van der Waals surface area contributed by atoms with E-state index in [2.05, 4.69) is 5.32 Å². The van der Waals surface area contributed by atoms with Crippen LogP contribution >= 0.6 is 23.2 Å². The third-order valence-corrected chi connectivity index (χ3v) is 3.63. The van der Waals surface area contributed by atoms with Crippen LogP contribution in [0.2, 0.25) is 10.0 Å². The first-order chi connectivity index (χ1) is 9.77.